The van der Waals surface area contributed by atoms with Crippen molar-refractivity contribution >= 4 is 12.0 Å². The van der Waals surface area contributed by atoms with Crippen molar-refractivity contribution in [3.8, 4) is 0 Å². The van der Waals surface area contributed by atoms with E-state index in [2.05, 4.69) is 12.2 Å². The molecule has 1 aliphatic rings. The van der Waals surface area contributed by atoms with Crippen LogP contribution in [0.1, 0.15) is 26.2 Å². The molecule has 0 radical (unpaired) electrons. The normalized spacial score (nSPS) is 18.8. The molecule has 1 heterocycles. The number of aliphatic hydroxyl groups excluding tert-OH is 1. The number of hydrogen-bond acceptors (Lipinski definition) is 3. The lowest BCUT2D eigenvalue weighted by Crippen LogP contribution is -2.50. The lowest BCUT2D eigenvalue weighted by Gasteiger charge is -2.31. The molecule has 6 heteroatoms. The van der Waals surface area contributed by atoms with Gasteiger partial charge in [-0.25, -0.2) is 9.59 Å². The number of piperidine rings is 1. The minimum absolute atomic E-state index is 0.0331. The summed E-state index contributed by atoms with van der Waals surface area (Å²) in [4.78, 5) is 24.2. The van der Waals surface area contributed by atoms with Crippen LogP contribution in [-0.4, -0.2) is 52.9 Å². The largest absolute Gasteiger partial charge is 0.480 e. The maximum atomic E-state index is 11.8. The van der Waals surface area contributed by atoms with E-state index in [1.54, 1.807) is 4.90 Å². The average molecular weight is 244 g/mol. The van der Waals surface area contributed by atoms with Gasteiger partial charge in [-0.3, -0.25) is 0 Å². The summed E-state index contributed by atoms with van der Waals surface area (Å²) in [5.41, 5.74) is 0. The Labute approximate surface area is 101 Å². The zero-order valence-electron chi connectivity index (χ0n) is 10.1. The number of nitrogens with zero attached hydrogens (tertiary/aromatic N) is 1. The third kappa shape index (κ3) is 4.22. The fourth-order valence-electron chi connectivity index (χ4n) is 1.84. The number of carbonyl (C=O) groups excluding carboxylic acids is 1. The van der Waals surface area contributed by atoms with Gasteiger partial charge in [-0.15, -0.1) is 0 Å². The molecular weight excluding hydrogens is 224 g/mol. The van der Waals surface area contributed by atoms with Crippen molar-refractivity contribution in [3.05, 3.63) is 0 Å². The molecule has 0 unspecified atom stereocenters. The van der Waals surface area contributed by atoms with Crippen LogP contribution in [0.5, 0.6) is 0 Å². The van der Waals surface area contributed by atoms with Gasteiger partial charge in [0, 0.05) is 26.1 Å². The van der Waals surface area contributed by atoms with E-state index in [1.165, 1.54) is 0 Å². The van der Waals surface area contributed by atoms with Crippen LogP contribution in [0.15, 0.2) is 0 Å². The first-order chi connectivity index (χ1) is 8.04. The van der Waals surface area contributed by atoms with E-state index in [0.717, 1.165) is 12.8 Å². The Hall–Kier alpha value is -1.30. The van der Waals surface area contributed by atoms with Gasteiger partial charge < -0.3 is 20.4 Å². The maximum absolute atomic E-state index is 11.8. The smallest absolute Gasteiger partial charge is 0.326 e. The molecule has 1 rings (SSSR count). The first kappa shape index (κ1) is 13.8. The highest BCUT2D eigenvalue weighted by Crippen LogP contribution is 2.15. The van der Waals surface area contributed by atoms with Gasteiger partial charge >= 0.3 is 12.0 Å². The number of aliphatic carboxylic acids is 1. The van der Waals surface area contributed by atoms with E-state index in [9.17, 15) is 9.59 Å². The highest BCUT2D eigenvalue weighted by molar-refractivity contribution is 5.82. The summed E-state index contributed by atoms with van der Waals surface area (Å²) in [6.07, 6.45) is 1.93. The second-order valence-electron chi connectivity index (χ2n) is 4.52. The monoisotopic (exact) mass is 244 g/mol. The number of carboxylic acids is 1. The summed E-state index contributed by atoms with van der Waals surface area (Å²) >= 11 is 0. The molecule has 3 N–H and O–H groups in total. The summed E-state index contributed by atoms with van der Waals surface area (Å²) < 4.78 is 0. The maximum Gasteiger partial charge on any atom is 0.326 e. The SMILES string of the molecule is CC1CCN(C(=O)N[C@@H](CCO)C(=O)O)CC1. The Kier molecular flexibility index (Phi) is 5.21. The van der Waals surface area contributed by atoms with Gasteiger partial charge in [0.25, 0.3) is 0 Å². The summed E-state index contributed by atoms with van der Waals surface area (Å²) in [6.45, 7) is 3.21. The molecule has 1 aliphatic heterocycles. The fourth-order valence-corrected chi connectivity index (χ4v) is 1.84. The number of amides is 2. The molecule has 6 nitrogen and oxygen atoms in total. The Morgan fingerprint density at radius 1 is 1.41 bits per heavy atom. The minimum Gasteiger partial charge on any atom is -0.480 e. The molecule has 0 aromatic rings. The van der Waals surface area contributed by atoms with E-state index in [4.69, 9.17) is 10.2 Å². The lowest BCUT2D eigenvalue weighted by atomic mass is 10.00. The second kappa shape index (κ2) is 6.44. The van der Waals surface area contributed by atoms with Crippen LogP contribution >= 0.6 is 0 Å². The molecule has 0 spiro atoms. The number of nitrogens with one attached hydrogen (secondary N) is 1. The van der Waals surface area contributed by atoms with E-state index in [1.807, 2.05) is 0 Å². The van der Waals surface area contributed by atoms with Crippen molar-refractivity contribution in [1.82, 2.24) is 10.2 Å². The number of likely N-dealkylation sites (tertiary alicyclic amines) is 1. The molecule has 0 aromatic heterocycles. The highest BCUT2D eigenvalue weighted by atomic mass is 16.4. The van der Waals surface area contributed by atoms with Crippen LogP contribution in [0.4, 0.5) is 4.79 Å². The first-order valence-electron chi connectivity index (χ1n) is 5.93. The number of aliphatic hydroxyl groups is 1. The average Bonchev–Trinajstić information content (AvgIpc) is 2.29. The van der Waals surface area contributed by atoms with E-state index >= 15 is 0 Å². The number of hydrogen-bond donors (Lipinski definition) is 3. The van der Waals surface area contributed by atoms with Gasteiger partial charge in [-0.05, 0) is 18.8 Å². The van der Waals surface area contributed by atoms with Crippen LogP contribution in [0.3, 0.4) is 0 Å². The predicted molar refractivity (Wildman–Crippen MR) is 61.6 cm³/mol. The molecule has 0 bridgehead atoms. The molecule has 98 valence electrons. The molecular formula is C11H20N2O4. The Balaban J connectivity index is 2.44. The number of urea groups is 1. The van der Waals surface area contributed by atoms with Gasteiger partial charge in [0.15, 0.2) is 0 Å². The minimum atomic E-state index is -1.11. The molecule has 1 atom stereocenters. The quantitative estimate of drug-likeness (QED) is 0.662. The zero-order valence-corrected chi connectivity index (χ0v) is 10.1. The molecule has 0 saturated carbocycles. The Bertz CT molecular complexity index is 275. The van der Waals surface area contributed by atoms with Gasteiger partial charge in [0.05, 0.1) is 0 Å². The summed E-state index contributed by atoms with van der Waals surface area (Å²) in [6, 6.07) is -1.36. The molecule has 0 aliphatic carbocycles. The number of carboxylic acid groups (broad SMARTS) is 1. The number of carbonyl (C=O) groups is 2. The third-order valence-corrected chi connectivity index (χ3v) is 3.08. The van der Waals surface area contributed by atoms with Crippen molar-refractivity contribution in [1.29, 1.82) is 0 Å². The van der Waals surface area contributed by atoms with Crippen LogP contribution < -0.4 is 5.32 Å². The molecule has 2 amide bonds. The highest BCUT2D eigenvalue weighted by Gasteiger charge is 2.25. The molecule has 1 fully saturated rings. The van der Waals surface area contributed by atoms with Crippen molar-refractivity contribution in [2.24, 2.45) is 5.92 Å². The fraction of sp³-hybridized carbons (Fsp3) is 0.818. The summed E-state index contributed by atoms with van der Waals surface area (Å²) in [7, 11) is 0. The standard InChI is InChI=1S/C11H20N2O4/c1-8-2-5-13(6-3-8)11(17)12-9(4-7-14)10(15)16/h8-9,14H,2-7H2,1H3,(H,12,17)(H,15,16)/t9-/m0/s1. The molecule has 0 aromatic carbocycles. The van der Waals surface area contributed by atoms with E-state index < -0.39 is 12.0 Å². The zero-order chi connectivity index (χ0) is 12.8. The van der Waals surface area contributed by atoms with Crippen molar-refractivity contribution < 1.29 is 19.8 Å². The first-order valence-corrected chi connectivity index (χ1v) is 5.93. The second-order valence-corrected chi connectivity index (χ2v) is 4.52. The molecule has 1 saturated heterocycles. The third-order valence-electron chi connectivity index (χ3n) is 3.08. The summed E-state index contributed by atoms with van der Waals surface area (Å²) in [5.74, 6) is -0.496. The van der Waals surface area contributed by atoms with Crippen LogP contribution in [0.2, 0.25) is 0 Å². The lowest BCUT2D eigenvalue weighted by molar-refractivity contribution is -0.139. The molecule has 17 heavy (non-hydrogen) atoms. The number of rotatable bonds is 4. The Morgan fingerprint density at radius 2 is 2.00 bits per heavy atom. The summed E-state index contributed by atoms with van der Waals surface area (Å²) in [5, 5.41) is 20.0. The van der Waals surface area contributed by atoms with Crippen molar-refractivity contribution in [2.75, 3.05) is 19.7 Å². The van der Waals surface area contributed by atoms with Crippen LogP contribution in [0, 0.1) is 5.92 Å². The van der Waals surface area contributed by atoms with Gasteiger partial charge in [0.2, 0.25) is 0 Å². The van der Waals surface area contributed by atoms with E-state index in [-0.39, 0.29) is 19.1 Å². The topological polar surface area (TPSA) is 89.9 Å². The van der Waals surface area contributed by atoms with E-state index in [0.29, 0.717) is 19.0 Å². The van der Waals surface area contributed by atoms with Gasteiger partial charge in [-0.2, -0.15) is 0 Å². The Morgan fingerprint density at radius 3 is 2.47 bits per heavy atom. The van der Waals surface area contributed by atoms with Crippen LogP contribution in [-0.2, 0) is 4.79 Å². The van der Waals surface area contributed by atoms with Gasteiger partial charge in [0.1, 0.15) is 6.04 Å². The van der Waals surface area contributed by atoms with Crippen LogP contribution in [0.25, 0.3) is 0 Å². The van der Waals surface area contributed by atoms with Crippen molar-refractivity contribution in [2.45, 2.75) is 32.2 Å². The van der Waals surface area contributed by atoms with Gasteiger partial charge in [-0.1, -0.05) is 6.92 Å². The van der Waals surface area contributed by atoms with Crippen molar-refractivity contribution in [3.63, 3.8) is 0 Å². The predicted octanol–water partition coefficient (Wildman–Crippen LogP) is 0.263.